The Morgan fingerprint density at radius 3 is 3.00 bits per heavy atom. The van der Waals surface area contributed by atoms with Crippen LogP contribution in [-0.4, -0.2) is 18.0 Å². The molecule has 0 aliphatic carbocycles. The Balaban J connectivity index is 2.32. The Labute approximate surface area is 112 Å². The molecule has 2 rings (SSSR count). The number of ether oxygens (including phenoxy) is 1. The predicted octanol–water partition coefficient (Wildman–Crippen LogP) is 3.37. The number of aromatic nitrogens is 1. The first kappa shape index (κ1) is 13.3. The number of unbranched alkanes of at least 4 members (excludes halogenated alkanes) is 1. The number of fused-ring (bicyclic) bond motifs is 1. The molecule has 2 aromatic rings. The van der Waals surface area contributed by atoms with Gasteiger partial charge in [-0.3, -0.25) is 9.78 Å². The van der Waals surface area contributed by atoms with Crippen LogP contribution in [0, 0.1) is 0 Å². The lowest BCUT2D eigenvalue weighted by Crippen LogP contribution is -2.11. The van der Waals surface area contributed by atoms with Gasteiger partial charge in [0.1, 0.15) is 5.75 Å². The van der Waals surface area contributed by atoms with Crippen molar-refractivity contribution >= 4 is 22.5 Å². The first-order chi connectivity index (χ1) is 9.24. The van der Waals surface area contributed by atoms with Gasteiger partial charge in [-0.25, -0.2) is 0 Å². The van der Waals surface area contributed by atoms with Crippen LogP contribution in [0.4, 0.5) is 5.69 Å². The second kappa shape index (κ2) is 6.18. The fraction of sp³-hybridized carbons (Fsp3) is 0.333. The van der Waals surface area contributed by atoms with E-state index < -0.39 is 0 Å². The van der Waals surface area contributed by atoms with Gasteiger partial charge in [0.25, 0.3) is 0 Å². The summed E-state index contributed by atoms with van der Waals surface area (Å²) in [6.07, 6.45) is 4.14. The van der Waals surface area contributed by atoms with E-state index in [1.165, 1.54) is 0 Å². The first-order valence-electron chi connectivity index (χ1n) is 6.47. The van der Waals surface area contributed by atoms with Crippen LogP contribution in [0.3, 0.4) is 0 Å². The molecule has 1 heterocycles. The van der Waals surface area contributed by atoms with E-state index in [-0.39, 0.29) is 5.91 Å². The smallest absolute Gasteiger partial charge is 0.224 e. The van der Waals surface area contributed by atoms with Crippen molar-refractivity contribution in [1.29, 1.82) is 0 Å². The number of hydrogen-bond acceptors (Lipinski definition) is 3. The van der Waals surface area contributed by atoms with Gasteiger partial charge >= 0.3 is 0 Å². The number of amides is 1. The molecule has 0 aliphatic heterocycles. The Kier molecular flexibility index (Phi) is 4.34. The normalized spacial score (nSPS) is 10.4. The molecule has 19 heavy (non-hydrogen) atoms. The summed E-state index contributed by atoms with van der Waals surface area (Å²) in [6.45, 7) is 2.07. The highest BCUT2D eigenvalue weighted by Gasteiger charge is 2.08. The van der Waals surface area contributed by atoms with Crippen molar-refractivity contribution < 1.29 is 9.53 Å². The number of methoxy groups -OCH3 is 1. The Bertz CT molecular complexity index is 581. The molecule has 0 saturated carbocycles. The summed E-state index contributed by atoms with van der Waals surface area (Å²) in [4.78, 5) is 16.2. The average Bonchev–Trinajstić information content (AvgIpc) is 2.44. The van der Waals surface area contributed by atoms with Crippen molar-refractivity contribution in [2.24, 2.45) is 0 Å². The maximum absolute atomic E-state index is 11.8. The molecular formula is C15H18N2O2. The summed E-state index contributed by atoms with van der Waals surface area (Å²) in [6, 6.07) is 7.53. The summed E-state index contributed by atoms with van der Waals surface area (Å²) in [5.41, 5.74) is 1.49. The molecule has 0 saturated heterocycles. The van der Waals surface area contributed by atoms with E-state index in [0.29, 0.717) is 17.9 Å². The molecule has 0 radical (unpaired) electrons. The van der Waals surface area contributed by atoms with Crippen molar-refractivity contribution in [3.63, 3.8) is 0 Å². The minimum atomic E-state index is 0.0158. The summed E-state index contributed by atoms with van der Waals surface area (Å²) in [5, 5.41) is 3.86. The van der Waals surface area contributed by atoms with Crippen molar-refractivity contribution in [3.05, 3.63) is 30.5 Å². The molecule has 1 aromatic carbocycles. The van der Waals surface area contributed by atoms with Gasteiger partial charge < -0.3 is 10.1 Å². The fourth-order valence-corrected chi connectivity index (χ4v) is 1.93. The molecule has 0 unspecified atom stereocenters. The lowest BCUT2D eigenvalue weighted by molar-refractivity contribution is -0.116. The lowest BCUT2D eigenvalue weighted by atomic mass is 10.1. The van der Waals surface area contributed by atoms with Crippen molar-refractivity contribution in [2.45, 2.75) is 26.2 Å². The number of hydrogen-bond donors (Lipinski definition) is 1. The molecule has 4 heteroatoms. The molecule has 0 aliphatic rings. The topological polar surface area (TPSA) is 51.2 Å². The van der Waals surface area contributed by atoms with Crippen LogP contribution in [-0.2, 0) is 4.79 Å². The third-order valence-corrected chi connectivity index (χ3v) is 2.95. The number of nitrogens with one attached hydrogen (secondary N) is 1. The molecule has 0 fully saturated rings. The highest BCUT2D eigenvalue weighted by Crippen LogP contribution is 2.27. The van der Waals surface area contributed by atoms with Gasteiger partial charge in [0.05, 0.1) is 18.3 Å². The molecular weight excluding hydrogens is 240 g/mol. The molecule has 1 N–H and O–H groups in total. The second-order valence-corrected chi connectivity index (χ2v) is 4.40. The second-order valence-electron chi connectivity index (χ2n) is 4.40. The number of nitrogens with zero attached hydrogens (tertiary/aromatic N) is 1. The van der Waals surface area contributed by atoms with Crippen molar-refractivity contribution in [2.75, 3.05) is 12.4 Å². The van der Waals surface area contributed by atoms with E-state index in [2.05, 4.69) is 17.2 Å². The van der Waals surface area contributed by atoms with Gasteiger partial charge in [0, 0.05) is 24.1 Å². The van der Waals surface area contributed by atoms with Crippen LogP contribution in [0.5, 0.6) is 5.75 Å². The standard InChI is InChI=1S/C15H18N2O2/c1-3-4-7-14(18)17-13-10-12(19-2)9-11-6-5-8-16-15(11)13/h5-6,8-10H,3-4,7H2,1-2H3,(H,17,18). The van der Waals surface area contributed by atoms with Crippen LogP contribution in [0.1, 0.15) is 26.2 Å². The minimum absolute atomic E-state index is 0.0158. The third kappa shape index (κ3) is 3.22. The number of carbonyl (C=O) groups excluding carboxylic acids is 1. The van der Waals surface area contributed by atoms with Crippen molar-refractivity contribution in [1.82, 2.24) is 4.98 Å². The Morgan fingerprint density at radius 2 is 2.26 bits per heavy atom. The zero-order valence-electron chi connectivity index (χ0n) is 11.3. The molecule has 1 amide bonds. The summed E-state index contributed by atoms with van der Waals surface area (Å²) in [5.74, 6) is 0.730. The largest absolute Gasteiger partial charge is 0.497 e. The van der Waals surface area contributed by atoms with Crippen molar-refractivity contribution in [3.8, 4) is 5.75 Å². The van der Waals surface area contributed by atoms with E-state index in [1.54, 1.807) is 19.4 Å². The van der Waals surface area contributed by atoms with E-state index in [4.69, 9.17) is 4.74 Å². The minimum Gasteiger partial charge on any atom is -0.497 e. The quantitative estimate of drug-likeness (QED) is 0.894. The highest BCUT2D eigenvalue weighted by molar-refractivity contribution is 6.01. The molecule has 0 atom stereocenters. The molecule has 1 aromatic heterocycles. The summed E-state index contributed by atoms with van der Waals surface area (Å²) >= 11 is 0. The van der Waals surface area contributed by atoms with E-state index in [1.807, 2.05) is 18.2 Å². The van der Waals surface area contributed by atoms with Crippen LogP contribution < -0.4 is 10.1 Å². The average molecular weight is 258 g/mol. The number of benzene rings is 1. The van der Waals surface area contributed by atoms with Gasteiger partial charge in [-0.2, -0.15) is 0 Å². The van der Waals surface area contributed by atoms with Crippen LogP contribution in [0.15, 0.2) is 30.5 Å². The summed E-state index contributed by atoms with van der Waals surface area (Å²) < 4.78 is 5.25. The van der Waals surface area contributed by atoms with Gasteiger partial charge in [0.15, 0.2) is 0 Å². The maximum atomic E-state index is 11.8. The molecule has 100 valence electrons. The van der Waals surface area contributed by atoms with E-state index in [0.717, 1.165) is 23.7 Å². The number of carbonyl (C=O) groups is 1. The molecule has 0 spiro atoms. The van der Waals surface area contributed by atoms with Crippen LogP contribution in [0.2, 0.25) is 0 Å². The van der Waals surface area contributed by atoms with Gasteiger partial charge in [-0.15, -0.1) is 0 Å². The Hall–Kier alpha value is -2.10. The van der Waals surface area contributed by atoms with E-state index in [9.17, 15) is 4.79 Å². The first-order valence-corrected chi connectivity index (χ1v) is 6.47. The molecule has 4 nitrogen and oxygen atoms in total. The maximum Gasteiger partial charge on any atom is 0.224 e. The van der Waals surface area contributed by atoms with Crippen LogP contribution in [0.25, 0.3) is 10.9 Å². The fourth-order valence-electron chi connectivity index (χ4n) is 1.93. The summed E-state index contributed by atoms with van der Waals surface area (Å²) in [7, 11) is 1.61. The monoisotopic (exact) mass is 258 g/mol. The number of rotatable bonds is 5. The zero-order valence-corrected chi connectivity index (χ0v) is 11.3. The lowest BCUT2D eigenvalue weighted by Gasteiger charge is -2.10. The Morgan fingerprint density at radius 1 is 1.42 bits per heavy atom. The molecule has 0 bridgehead atoms. The van der Waals surface area contributed by atoms with Gasteiger partial charge in [0.2, 0.25) is 5.91 Å². The third-order valence-electron chi connectivity index (χ3n) is 2.95. The van der Waals surface area contributed by atoms with Gasteiger partial charge in [-0.05, 0) is 18.6 Å². The van der Waals surface area contributed by atoms with E-state index >= 15 is 0 Å². The zero-order chi connectivity index (χ0) is 13.7. The SMILES string of the molecule is CCCCC(=O)Nc1cc(OC)cc2cccnc12. The highest BCUT2D eigenvalue weighted by atomic mass is 16.5. The predicted molar refractivity (Wildman–Crippen MR) is 76.4 cm³/mol. The number of anilines is 1. The number of pyridine rings is 1. The van der Waals surface area contributed by atoms with Crippen LogP contribution >= 0.6 is 0 Å². The van der Waals surface area contributed by atoms with Gasteiger partial charge in [-0.1, -0.05) is 19.4 Å².